The van der Waals surface area contributed by atoms with E-state index in [4.69, 9.17) is 0 Å². The van der Waals surface area contributed by atoms with Gasteiger partial charge in [-0.05, 0) is 6.92 Å². The van der Waals surface area contributed by atoms with Gasteiger partial charge in [-0.15, -0.1) is 0 Å². The molecule has 0 bridgehead atoms. The van der Waals surface area contributed by atoms with Gasteiger partial charge in [-0.25, -0.2) is 0 Å². The summed E-state index contributed by atoms with van der Waals surface area (Å²) in [6.07, 6.45) is 0.970. The van der Waals surface area contributed by atoms with Crippen molar-refractivity contribution in [1.82, 2.24) is 10.2 Å². The van der Waals surface area contributed by atoms with Crippen LogP contribution in [-0.2, 0) is 4.79 Å². The lowest BCUT2D eigenvalue weighted by Gasteiger charge is -2.30. The van der Waals surface area contributed by atoms with Gasteiger partial charge in [0.2, 0.25) is 0 Å². The highest BCUT2D eigenvalue weighted by Gasteiger charge is 2.13. The first-order valence-electron chi connectivity index (χ1n) is 3.72. The van der Waals surface area contributed by atoms with Gasteiger partial charge in [-0.3, -0.25) is 4.90 Å². The second kappa shape index (κ2) is 3.68. The van der Waals surface area contributed by atoms with E-state index >= 15 is 0 Å². The fraction of sp³-hybridized carbons (Fsp3) is 0.857. The molecular weight excluding hydrogens is 128 g/mol. The number of hydrogen-bond acceptors (Lipinski definition) is 3. The molecule has 0 aromatic heterocycles. The molecule has 10 heavy (non-hydrogen) atoms. The summed E-state index contributed by atoms with van der Waals surface area (Å²) in [6.45, 7) is 5.74. The van der Waals surface area contributed by atoms with E-state index in [1.165, 1.54) is 0 Å². The average molecular weight is 142 g/mol. The van der Waals surface area contributed by atoms with Crippen LogP contribution in [-0.4, -0.2) is 43.4 Å². The zero-order chi connectivity index (χ0) is 7.40. The normalized spacial score (nSPS) is 28.3. The minimum atomic E-state index is 0.536. The molecule has 3 heteroatoms. The first-order valence-corrected chi connectivity index (χ1v) is 3.72. The molecule has 1 fully saturated rings. The largest absolute Gasteiger partial charge is 0.312 e. The number of nitrogens with zero attached hydrogens (tertiary/aromatic N) is 1. The van der Waals surface area contributed by atoms with E-state index in [0.717, 1.165) is 25.9 Å². The Labute approximate surface area is 61.4 Å². The lowest BCUT2D eigenvalue weighted by atomic mass is 10.2. The lowest BCUT2D eigenvalue weighted by molar-refractivity contribution is -0.109. The van der Waals surface area contributed by atoms with Gasteiger partial charge >= 0.3 is 0 Å². The molecule has 1 aliphatic heterocycles. The summed E-state index contributed by atoms with van der Waals surface area (Å²) in [4.78, 5) is 12.3. The number of carbonyl (C=O) groups excluding carboxylic acids is 1. The van der Waals surface area contributed by atoms with Crippen molar-refractivity contribution in [1.29, 1.82) is 0 Å². The minimum Gasteiger partial charge on any atom is -0.312 e. The maximum Gasteiger partial charge on any atom is 0.133 e. The van der Waals surface area contributed by atoms with Crippen LogP contribution < -0.4 is 5.32 Å². The molecule has 0 saturated carbocycles. The van der Waals surface area contributed by atoms with Crippen LogP contribution in [0.4, 0.5) is 0 Å². The van der Waals surface area contributed by atoms with Gasteiger partial charge in [-0.2, -0.15) is 0 Å². The van der Waals surface area contributed by atoms with Crippen molar-refractivity contribution in [3.8, 4) is 0 Å². The number of piperazine rings is 1. The molecule has 0 spiro atoms. The maximum atomic E-state index is 10.1. The van der Waals surface area contributed by atoms with Crippen molar-refractivity contribution in [3.05, 3.63) is 0 Å². The van der Waals surface area contributed by atoms with Crippen molar-refractivity contribution < 1.29 is 4.79 Å². The van der Waals surface area contributed by atoms with Crippen LogP contribution in [0.3, 0.4) is 0 Å². The highest BCUT2D eigenvalue weighted by Crippen LogP contribution is 1.95. The topological polar surface area (TPSA) is 32.3 Å². The molecule has 1 heterocycles. The summed E-state index contributed by atoms with van der Waals surface area (Å²) >= 11 is 0. The summed E-state index contributed by atoms with van der Waals surface area (Å²) in [5.41, 5.74) is 0. The Kier molecular flexibility index (Phi) is 2.83. The van der Waals surface area contributed by atoms with Crippen LogP contribution in [0.25, 0.3) is 0 Å². The molecule has 0 radical (unpaired) electrons. The maximum absolute atomic E-state index is 10.1. The molecule has 0 aromatic carbocycles. The molecule has 58 valence electrons. The number of carbonyl (C=O) groups is 1. The van der Waals surface area contributed by atoms with Crippen LogP contribution >= 0.6 is 0 Å². The molecule has 1 saturated heterocycles. The Hall–Kier alpha value is -0.410. The van der Waals surface area contributed by atoms with Gasteiger partial charge in [0.1, 0.15) is 6.29 Å². The minimum absolute atomic E-state index is 0.536. The lowest BCUT2D eigenvalue weighted by Crippen LogP contribution is -2.49. The van der Waals surface area contributed by atoms with Gasteiger partial charge in [0.05, 0.1) is 6.54 Å². The van der Waals surface area contributed by atoms with E-state index < -0.39 is 0 Å². The molecular formula is C7H14N2O. The van der Waals surface area contributed by atoms with E-state index in [1.807, 2.05) is 0 Å². The quantitative estimate of drug-likeness (QED) is 0.526. The van der Waals surface area contributed by atoms with Gasteiger partial charge in [0.15, 0.2) is 0 Å². The van der Waals surface area contributed by atoms with Crippen molar-refractivity contribution >= 4 is 6.29 Å². The van der Waals surface area contributed by atoms with Crippen LogP contribution in [0.2, 0.25) is 0 Å². The molecule has 1 atom stereocenters. The van der Waals surface area contributed by atoms with E-state index in [9.17, 15) is 4.79 Å². The van der Waals surface area contributed by atoms with Crippen molar-refractivity contribution in [2.24, 2.45) is 0 Å². The molecule has 1 aliphatic rings. The first-order chi connectivity index (χ1) is 4.83. The van der Waals surface area contributed by atoms with Gasteiger partial charge < -0.3 is 10.1 Å². The Bertz CT molecular complexity index is 116. The zero-order valence-electron chi connectivity index (χ0n) is 6.34. The molecule has 3 nitrogen and oxygen atoms in total. The fourth-order valence-corrected chi connectivity index (χ4v) is 1.28. The summed E-state index contributed by atoms with van der Waals surface area (Å²) in [5, 5.41) is 3.31. The summed E-state index contributed by atoms with van der Waals surface area (Å²) < 4.78 is 0. The smallest absolute Gasteiger partial charge is 0.133 e. The van der Waals surface area contributed by atoms with Crippen molar-refractivity contribution in [3.63, 3.8) is 0 Å². The van der Waals surface area contributed by atoms with Gasteiger partial charge in [0.25, 0.3) is 0 Å². The molecule has 0 aromatic rings. The second-order valence-corrected chi connectivity index (χ2v) is 2.78. The number of nitrogens with one attached hydrogen (secondary N) is 1. The predicted molar refractivity (Wildman–Crippen MR) is 40.0 cm³/mol. The van der Waals surface area contributed by atoms with Crippen LogP contribution in [0.1, 0.15) is 6.92 Å². The number of rotatable bonds is 2. The standard InChI is InChI=1S/C7H14N2O/c1-7-6-9(4-5-10)3-2-8-7/h5,7-8H,2-4,6H2,1H3. The Morgan fingerprint density at radius 2 is 2.60 bits per heavy atom. The predicted octanol–water partition coefficient (Wildman–Crippen LogP) is -0.521. The SMILES string of the molecule is CC1CN(CC=O)CCN1. The highest BCUT2D eigenvalue weighted by atomic mass is 16.1. The average Bonchev–Trinajstić information content (AvgIpc) is 1.88. The fourth-order valence-electron chi connectivity index (χ4n) is 1.28. The van der Waals surface area contributed by atoms with Crippen LogP contribution in [0.5, 0.6) is 0 Å². The molecule has 1 unspecified atom stereocenters. The molecule has 0 amide bonds. The van der Waals surface area contributed by atoms with Gasteiger partial charge in [0, 0.05) is 25.7 Å². The third-order valence-electron chi connectivity index (χ3n) is 1.79. The van der Waals surface area contributed by atoms with E-state index in [-0.39, 0.29) is 0 Å². The Morgan fingerprint density at radius 3 is 3.20 bits per heavy atom. The summed E-state index contributed by atoms with van der Waals surface area (Å²) in [5.74, 6) is 0. The molecule has 1 rings (SSSR count). The summed E-state index contributed by atoms with van der Waals surface area (Å²) in [6, 6.07) is 0.536. The van der Waals surface area contributed by atoms with E-state index in [1.54, 1.807) is 0 Å². The second-order valence-electron chi connectivity index (χ2n) is 2.78. The first kappa shape index (κ1) is 7.69. The summed E-state index contributed by atoms with van der Waals surface area (Å²) in [7, 11) is 0. The van der Waals surface area contributed by atoms with Crippen molar-refractivity contribution in [2.45, 2.75) is 13.0 Å². The monoisotopic (exact) mass is 142 g/mol. The third kappa shape index (κ3) is 2.08. The van der Waals surface area contributed by atoms with Crippen LogP contribution in [0, 0.1) is 0 Å². The third-order valence-corrected chi connectivity index (χ3v) is 1.79. The zero-order valence-corrected chi connectivity index (χ0v) is 6.34. The van der Waals surface area contributed by atoms with Gasteiger partial charge in [-0.1, -0.05) is 0 Å². The van der Waals surface area contributed by atoms with E-state index in [0.29, 0.717) is 12.6 Å². The number of hydrogen-bond donors (Lipinski definition) is 1. The molecule has 0 aliphatic carbocycles. The van der Waals surface area contributed by atoms with E-state index in [2.05, 4.69) is 17.1 Å². The Morgan fingerprint density at radius 1 is 1.80 bits per heavy atom. The Balaban J connectivity index is 2.24. The van der Waals surface area contributed by atoms with Crippen LogP contribution in [0.15, 0.2) is 0 Å². The molecule has 1 N–H and O–H groups in total. The van der Waals surface area contributed by atoms with Crippen molar-refractivity contribution in [2.75, 3.05) is 26.2 Å². The highest BCUT2D eigenvalue weighted by molar-refractivity contribution is 5.51. The number of aldehydes is 1.